The normalized spacial score (nSPS) is 14.5. The van der Waals surface area contributed by atoms with Gasteiger partial charge in [0.1, 0.15) is 11.4 Å². The zero-order chi connectivity index (χ0) is 38.0. The SMILES string of the molecule is N#Cc1cccc(-c2cc(-n3c4c(c5ccc(=C6N=CC=CN6)cc53)CC=CC=4)c(C(F)(F)F)c(-n3c4ccccc4c4ccc(-c5ncccn5)cc43)c2)c1. The van der Waals surface area contributed by atoms with E-state index in [0.717, 1.165) is 26.9 Å². The van der Waals surface area contributed by atoms with Gasteiger partial charge in [-0.2, -0.15) is 18.4 Å². The Labute approximate surface area is 317 Å². The Balaban J connectivity index is 1.39. The number of nitriles is 1. The number of nitrogens with one attached hydrogen (secondary N) is 1. The van der Waals surface area contributed by atoms with Crippen LogP contribution in [0.3, 0.4) is 0 Å². The van der Waals surface area contributed by atoms with Gasteiger partial charge in [0, 0.05) is 51.7 Å². The molecule has 8 aromatic rings. The molecular formula is C46H28F3N7. The molecule has 4 heterocycles. The summed E-state index contributed by atoms with van der Waals surface area (Å²) in [5.41, 5.74) is 4.00. The van der Waals surface area contributed by atoms with Crippen molar-refractivity contribution in [2.45, 2.75) is 12.6 Å². The van der Waals surface area contributed by atoms with Crippen LogP contribution in [0.1, 0.15) is 16.7 Å². The van der Waals surface area contributed by atoms with Gasteiger partial charge in [-0.3, -0.25) is 0 Å². The molecule has 7 nitrogen and oxygen atoms in total. The molecule has 56 heavy (non-hydrogen) atoms. The standard InChI is InChI=1S/C46H28F3N7/c47-46(48,49)43-41(55-37-12-3-1-10-33(37)35-16-14-30(23-39(35)55)44-51-18-6-19-52-44)25-32(29-9-5-8-28(22-29)27-50)26-42(43)56-38-13-4-2-11-34(38)36-17-15-31(24-40(36)56)45-53-20-7-21-54-45/h1-10,12-26,53H,11H2. The quantitative estimate of drug-likeness (QED) is 0.196. The molecule has 0 saturated heterocycles. The summed E-state index contributed by atoms with van der Waals surface area (Å²) in [6.07, 6.45) is 10.0. The number of para-hydroxylation sites is 1. The van der Waals surface area contributed by atoms with Crippen LogP contribution < -0.4 is 15.9 Å². The number of alkyl halides is 3. The van der Waals surface area contributed by atoms with Crippen molar-refractivity contribution in [2.75, 3.05) is 0 Å². The minimum Gasteiger partial charge on any atom is -0.346 e. The van der Waals surface area contributed by atoms with Gasteiger partial charge in [-0.15, -0.1) is 0 Å². The number of rotatable bonds is 4. The van der Waals surface area contributed by atoms with Crippen molar-refractivity contribution in [1.82, 2.24) is 24.4 Å². The smallest absolute Gasteiger partial charge is 0.346 e. The Bertz CT molecular complexity index is 3200. The summed E-state index contributed by atoms with van der Waals surface area (Å²) >= 11 is 0. The molecule has 0 fully saturated rings. The first kappa shape index (κ1) is 33.1. The second kappa shape index (κ2) is 12.8. The second-order valence-corrected chi connectivity index (χ2v) is 13.6. The molecular weight excluding hydrogens is 708 g/mol. The van der Waals surface area contributed by atoms with Gasteiger partial charge < -0.3 is 14.5 Å². The predicted molar refractivity (Wildman–Crippen MR) is 215 cm³/mol. The van der Waals surface area contributed by atoms with Crippen LogP contribution in [-0.4, -0.2) is 25.3 Å². The van der Waals surface area contributed by atoms with Crippen LogP contribution in [0.25, 0.3) is 78.5 Å². The van der Waals surface area contributed by atoms with E-state index in [2.05, 4.69) is 26.3 Å². The van der Waals surface area contributed by atoms with Crippen molar-refractivity contribution in [3.63, 3.8) is 0 Å². The summed E-state index contributed by atoms with van der Waals surface area (Å²) in [6, 6.07) is 33.0. The third-order valence-corrected chi connectivity index (χ3v) is 10.4. The Morgan fingerprint density at radius 2 is 1.48 bits per heavy atom. The lowest BCUT2D eigenvalue weighted by Crippen LogP contribution is -2.24. The maximum Gasteiger partial charge on any atom is 0.420 e. The number of fused-ring (bicyclic) bond motifs is 6. The van der Waals surface area contributed by atoms with Gasteiger partial charge in [-0.1, -0.05) is 66.7 Å². The van der Waals surface area contributed by atoms with Crippen molar-refractivity contribution in [1.29, 1.82) is 5.26 Å². The molecule has 268 valence electrons. The lowest BCUT2D eigenvalue weighted by molar-refractivity contribution is -0.137. The molecule has 0 unspecified atom stereocenters. The molecule has 1 aliphatic heterocycles. The average Bonchev–Trinajstić information content (AvgIpc) is 3.75. The zero-order valence-electron chi connectivity index (χ0n) is 29.5. The zero-order valence-corrected chi connectivity index (χ0v) is 29.5. The third kappa shape index (κ3) is 5.32. The van der Waals surface area contributed by atoms with Crippen LogP contribution in [0.5, 0.6) is 0 Å². The highest BCUT2D eigenvalue weighted by Crippen LogP contribution is 2.45. The Morgan fingerprint density at radius 3 is 2.29 bits per heavy atom. The highest BCUT2D eigenvalue weighted by Gasteiger charge is 2.39. The van der Waals surface area contributed by atoms with E-state index < -0.39 is 11.7 Å². The first-order valence-corrected chi connectivity index (χ1v) is 17.9. The molecule has 0 radical (unpaired) electrons. The van der Waals surface area contributed by atoms with Crippen molar-refractivity contribution in [2.24, 2.45) is 4.99 Å². The molecule has 0 spiro atoms. The van der Waals surface area contributed by atoms with E-state index in [-0.39, 0.29) is 11.4 Å². The number of aromatic nitrogens is 4. The molecule has 10 heteroatoms. The summed E-state index contributed by atoms with van der Waals surface area (Å²) in [7, 11) is 0. The van der Waals surface area contributed by atoms with Gasteiger partial charge in [0.25, 0.3) is 0 Å². The van der Waals surface area contributed by atoms with Gasteiger partial charge in [-0.05, 0) is 83.8 Å². The number of aliphatic imine (C=N–C) groups is 1. The Hall–Kier alpha value is -7.51. The van der Waals surface area contributed by atoms with E-state index in [4.69, 9.17) is 0 Å². The molecule has 0 bridgehead atoms. The first-order chi connectivity index (χ1) is 27.4. The lowest BCUT2D eigenvalue weighted by Gasteiger charge is -2.23. The van der Waals surface area contributed by atoms with Crippen LogP contribution in [0.15, 0.2) is 145 Å². The number of hydrogen-bond acceptors (Lipinski definition) is 5. The molecule has 0 saturated carbocycles. The minimum atomic E-state index is -4.82. The highest BCUT2D eigenvalue weighted by atomic mass is 19.4. The van der Waals surface area contributed by atoms with Gasteiger partial charge in [0.2, 0.25) is 0 Å². The van der Waals surface area contributed by atoms with Gasteiger partial charge in [0.05, 0.1) is 44.9 Å². The first-order valence-electron chi connectivity index (χ1n) is 17.9. The van der Waals surface area contributed by atoms with E-state index in [0.29, 0.717) is 62.2 Å². The molecule has 5 aromatic carbocycles. The third-order valence-electron chi connectivity index (χ3n) is 10.4. The van der Waals surface area contributed by atoms with Crippen LogP contribution in [0.4, 0.5) is 13.2 Å². The molecule has 1 aliphatic carbocycles. The van der Waals surface area contributed by atoms with E-state index in [1.54, 1.807) is 76.4 Å². The summed E-state index contributed by atoms with van der Waals surface area (Å²) in [6.45, 7) is 0. The Morgan fingerprint density at radius 1 is 0.696 bits per heavy atom. The van der Waals surface area contributed by atoms with Crippen molar-refractivity contribution in [3.05, 3.63) is 167 Å². The van der Waals surface area contributed by atoms with Crippen LogP contribution in [-0.2, 0) is 12.6 Å². The summed E-state index contributed by atoms with van der Waals surface area (Å²) in [5.74, 6) is 1.05. The van der Waals surface area contributed by atoms with Crippen LogP contribution >= 0.6 is 0 Å². The molecule has 0 atom stereocenters. The number of allylic oxidation sites excluding steroid dienone is 3. The maximum absolute atomic E-state index is 16.3. The van der Waals surface area contributed by atoms with Gasteiger partial charge in [0.15, 0.2) is 5.82 Å². The van der Waals surface area contributed by atoms with Crippen LogP contribution in [0.2, 0.25) is 0 Å². The number of halogens is 3. The number of nitrogens with zero attached hydrogens (tertiary/aromatic N) is 6. The van der Waals surface area contributed by atoms with E-state index in [9.17, 15) is 5.26 Å². The van der Waals surface area contributed by atoms with E-state index >= 15 is 13.2 Å². The lowest BCUT2D eigenvalue weighted by atomic mass is 9.98. The number of benzene rings is 5. The fourth-order valence-corrected chi connectivity index (χ4v) is 8.01. The van der Waals surface area contributed by atoms with Gasteiger partial charge >= 0.3 is 6.18 Å². The topological polar surface area (TPSA) is 83.8 Å². The fraction of sp³-hybridized carbons (Fsp3) is 0.0435. The second-order valence-electron chi connectivity index (χ2n) is 13.6. The Kier molecular flexibility index (Phi) is 7.57. The number of hydrogen-bond donors (Lipinski definition) is 1. The molecule has 0 amide bonds. The summed E-state index contributed by atoms with van der Waals surface area (Å²) < 4.78 is 52.5. The molecule has 1 N–H and O–H groups in total. The van der Waals surface area contributed by atoms with Crippen molar-refractivity contribution in [3.8, 4) is 40.0 Å². The largest absolute Gasteiger partial charge is 0.420 e. The van der Waals surface area contributed by atoms with E-state index in [1.807, 2.05) is 85.0 Å². The monoisotopic (exact) mass is 735 g/mol. The summed E-state index contributed by atoms with van der Waals surface area (Å²) in [4.78, 5) is 13.4. The van der Waals surface area contributed by atoms with Gasteiger partial charge in [-0.25, -0.2) is 15.0 Å². The average molecular weight is 736 g/mol. The predicted octanol–water partition coefficient (Wildman–Crippen LogP) is 8.89. The maximum atomic E-state index is 16.3. The highest BCUT2D eigenvalue weighted by molar-refractivity contribution is 6.10. The van der Waals surface area contributed by atoms with Crippen molar-refractivity contribution >= 4 is 50.8 Å². The molecule has 10 rings (SSSR count). The molecule has 3 aromatic heterocycles. The van der Waals surface area contributed by atoms with Crippen LogP contribution in [0, 0.1) is 11.3 Å². The van der Waals surface area contributed by atoms with Crippen molar-refractivity contribution < 1.29 is 13.2 Å². The fourth-order valence-electron chi connectivity index (χ4n) is 8.01. The minimum absolute atomic E-state index is 0.0409. The van der Waals surface area contributed by atoms with E-state index in [1.165, 1.54) is 0 Å². The summed E-state index contributed by atoms with van der Waals surface area (Å²) in [5, 5.41) is 16.8. The molecule has 2 aliphatic rings.